The molecule has 0 saturated heterocycles. The summed E-state index contributed by atoms with van der Waals surface area (Å²) in [5, 5.41) is 31.0. The second kappa shape index (κ2) is 12.1. The Kier molecular flexibility index (Phi) is 9.17. The first-order chi connectivity index (χ1) is 17.8. The van der Waals surface area contributed by atoms with E-state index in [0.717, 1.165) is 10.4 Å². The summed E-state index contributed by atoms with van der Waals surface area (Å²) >= 11 is 1.33. The summed E-state index contributed by atoms with van der Waals surface area (Å²) < 4.78 is 15.7. The van der Waals surface area contributed by atoms with E-state index in [1.807, 2.05) is 0 Å². The minimum atomic E-state index is -1.25. The van der Waals surface area contributed by atoms with Crippen molar-refractivity contribution in [3.8, 4) is 11.5 Å². The van der Waals surface area contributed by atoms with Gasteiger partial charge in [0.05, 0.1) is 17.5 Å². The first kappa shape index (κ1) is 28.7. The molecule has 0 radical (unpaired) electrons. The molecule has 206 valence electrons. The van der Waals surface area contributed by atoms with Gasteiger partial charge in [-0.15, -0.1) is 11.3 Å². The first-order valence-electron chi connectivity index (χ1n) is 11.7. The van der Waals surface area contributed by atoms with Crippen molar-refractivity contribution < 1.29 is 48.7 Å². The van der Waals surface area contributed by atoms with Crippen molar-refractivity contribution in [2.75, 3.05) is 26.3 Å². The molecule has 0 spiro atoms. The monoisotopic (exact) mass is 550 g/mol. The smallest absolute Gasteiger partial charge is 0.410 e. The molecule has 0 saturated carbocycles. The number of aliphatic hydroxyl groups excluding tert-OH is 1. The van der Waals surface area contributed by atoms with Crippen LogP contribution in [0.4, 0.5) is 4.79 Å². The van der Waals surface area contributed by atoms with Gasteiger partial charge in [-0.3, -0.25) is 4.79 Å². The average molecular weight is 551 g/mol. The second-order valence-electron chi connectivity index (χ2n) is 9.51. The maximum atomic E-state index is 12.8. The number of rotatable bonds is 10. The van der Waals surface area contributed by atoms with Gasteiger partial charge in [-0.2, -0.15) is 0 Å². The number of carbonyl (C=O) groups excluding carboxylic acids is 2. The van der Waals surface area contributed by atoms with Gasteiger partial charge in [0.25, 0.3) is 5.91 Å². The van der Waals surface area contributed by atoms with Crippen molar-refractivity contribution in [3.05, 3.63) is 45.1 Å². The quantitative estimate of drug-likeness (QED) is 0.344. The Morgan fingerprint density at radius 3 is 2.34 bits per heavy atom. The minimum Gasteiger partial charge on any atom is -0.479 e. The molecule has 38 heavy (non-hydrogen) atoms. The molecule has 3 rings (SSSR count). The minimum absolute atomic E-state index is 0.00164. The van der Waals surface area contributed by atoms with Gasteiger partial charge >= 0.3 is 18.0 Å². The van der Waals surface area contributed by atoms with Gasteiger partial charge in [0.15, 0.2) is 24.7 Å². The summed E-state index contributed by atoms with van der Waals surface area (Å²) in [6, 6.07) is 5.86. The number of fused-ring (bicyclic) bond motifs is 1. The van der Waals surface area contributed by atoms with Gasteiger partial charge in [0.1, 0.15) is 5.60 Å². The van der Waals surface area contributed by atoms with Crippen molar-refractivity contribution in [1.82, 2.24) is 10.2 Å². The van der Waals surface area contributed by atoms with E-state index < -0.39 is 48.9 Å². The zero-order valence-corrected chi connectivity index (χ0v) is 22.0. The summed E-state index contributed by atoms with van der Waals surface area (Å²) in [5.74, 6) is -2.93. The Morgan fingerprint density at radius 2 is 1.71 bits per heavy atom. The molecule has 1 aromatic carbocycles. The van der Waals surface area contributed by atoms with Crippen molar-refractivity contribution in [1.29, 1.82) is 0 Å². The number of thiophene rings is 1. The molecule has 2 heterocycles. The van der Waals surface area contributed by atoms with E-state index in [1.54, 1.807) is 31.7 Å². The molecule has 1 unspecified atom stereocenters. The number of carboxylic acid groups (broad SMARTS) is 2. The number of hydrogen-bond acceptors (Lipinski definition) is 9. The molecule has 4 N–H and O–H groups in total. The number of benzene rings is 1. The Balaban J connectivity index is 1.62. The fourth-order valence-electron chi connectivity index (χ4n) is 3.56. The van der Waals surface area contributed by atoms with Gasteiger partial charge in [0, 0.05) is 18.0 Å². The molecule has 12 nitrogen and oxygen atoms in total. The Labute approximate surface area is 222 Å². The average Bonchev–Trinajstić information content (AvgIpc) is 3.27. The number of carboxylic acids is 2. The standard InChI is InChI=1S/C25H30N2O10S/c1-25(2,3)37-24(34)27-7-6-19-15(11-27)9-20(38-19)23(33)26-10-16(28)14-4-5-17(35-12-21(29)30)18(8-14)36-13-22(31)32/h4-5,8-9,16,28H,6-7,10-13H2,1-3H3,(H,26,33)(H,29,30)(H,31,32). The molecule has 1 aliphatic heterocycles. The van der Waals surface area contributed by atoms with Crippen LogP contribution in [-0.2, 0) is 27.3 Å². The van der Waals surface area contributed by atoms with Crippen molar-refractivity contribution in [2.24, 2.45) is 0 Å². The van der Waals surface area contributed by atoms with Crippen LogP contribution in [0.2, 0.25) is 0 Å². The van der Waals surface area contributed by atoms with Crippen LogP contribution in [0, 0.1) is 0 Å². The Bertz CT molecular complexity index is 1200. The summed E-state index contributed by atoms with van der Waals surface area (Å²) in [6.07, 6.45) is -0.976. The highest BCUT2D eigenvalue weighted by Gasteiger charge is 2.28. The third-order valence-corrected chi connectivity index (χ3v) is 6.49. The molecule has 0 fully saturated rings. The lowest BCUT2D eigenvalue weighted by Gasteiger charge is -2.29. The molecule has 1 aromatic heterocycles. The van der Waals surface area contributed by atoms with Gasteiger partial charge in [-0.1, -0.05) is 6.07 Å². The number of amides is 2. The summed E-state index contributed by atoms with van der Waals surface area (Å²) in [7, 11) is 0. The van der Waals surface area contributed by atoms with Gasteiger partial charge in [-0.05, 0) is 56.5 Å². The molecular formula is C25H30N2O10S. The van der Waals surface area contributed by atoms with Crippen LogP contribution in [0.25, 0.3) is 0 Å². The number of ether oxygens (including phenoxy) is 3. The molecule has 2 amide bonds. The molecule has 1 atom stereocenters. The Morgan fingerprint density at radius 1 is 1.05 bits per heavy atom. The van der Waals surface area contributed by atoms with E-state index in [2.05, 4.69) is 5.32 Å². The molecule has 2 aromatic rings. The predicted molar refractivity (Wildman–Crippen MR) is 135 cm³/mol. The number of hydrogen-bond donors (Lipinski definition) is 4. The molecular weight excluding hydrogens is 520 g/mol. The topological polar surface area (TPSA) is 172 Å². The normalized spacial score (nSPS) is 13.7. The largest absolute Gasteiger partial charge is 0.479 e. The highest BCUT2D eigenvalue weighted by Crippen LogP contribution is 2.31. The SMILES string of the molecule is CC(C)(C)OC(=O)N1CCc2sc(C(=O)NCC(O)c3ccc(OCC(=O)O)c(OCC(=O)O)c3)cc2C1. The zero-order chi connectivity index (χ0) is 28.0. The molecule has 0 aliphatic carbocycles. The van der Waals surface area contributed by atoms with Gasteiger partial charge in [-0.25, -0.2) is 14.4 Å². The van der Waals surface area contributed by atoms with Crippen LogP contribution in [-0.4, -0.2) is 76.1 Å². The molecule has 0 bridgehead atoms. The highest BCUT2D eigenvalue weighted by atomic mass is 32.1. The zero-order valence-electron chi connectivity index (χ0n) is 21.2. The lowest BCUT2D eigenvalue weighted by atomic mass is 10.1. The summed E-state index contributed by atoms with van der Waals surface area (Å²) in [5.41, 5.74) is 0.564. The van der Waals surface area contributed by atoms with Gasteiger partial charge in [0.2, 0.25) is 0 Å². The van der Waals surface area contributed by atoms with E-state index >= 15 is 0 Å². The third kappa shape index (κ3) is 8.08. The molecule has 13 heteroatoms. The van der Waals surface area contributed by atoms with E-state index in [4.69, 9.17) is 24.4 Å². The van der Waals surface area contributed by atoms with Crippen LogP contribution in [0.15, 0.2) is 24.3 Å². The number of aliphatic hydroxyl groups is 1. The lowest BCUT2D eigenvalue weighted by molar-refractivity contribution is -0.140. The fraction of sp³-hybridized carbons (Fsp3) is 0.440. The van der Waals surface area contributed by atoms with Crippen LogP contribution in [0.5, 0.6) is 11.5 Å². The number of nitrogens with one attached hydrogen (secondary N) is 1. The van der Waals surface area contributed by atoms with Crippen LogP contribution in [0.3, 0.4) is 0 Å². The Hall–Kier alpha value is -3.84. The van der Waals surface area contributed by atoms with Crippen molar-refractivity contribution >= 4 is 35.3 Å². The maximum Gasteiger partial charge on any atom is 0.410 e. The van der Waals surface area contributed by atoms with Crippen LogP contribution in [0.1, 0.15) is 52.6 Å². The number of aliphatic carboxylic acids is 2. The van der Waals surface area contributed by atoms with E-state index in [9.17, 15) is 24.3 Å². The fourth-order valence-corrected chi connectivity index (χ4v) is 4.64. The number of carbonyl (C=O) groups is 4. The van der Waals surface area contributed by atoms with Crippen molar-refractivity contribution in [3.63, 3.8) is 0 Å². The highest BCUT2D eigenvalue weighted by molar-refractivity contribution is 7.14. The summed E-state index contributed by atoms with van der Waals surface area (Å²) in [6.45, 7) is 4.70. The number of nitrogens with zero attached hydrogens (tertiary/aromatic N) is 1. The lowest BCUT2D eigenvalue weighted by Crippen LogP contribution is -2.39. The van der Waals surface area contributed by atoms with E-state index in [-0.39, 0.29) is 18.0 Å². The third-order valence-electron chi connectivity index (χ3n) is 5.25. The van der Waals surface area contributed by atoms with Gasteiger partial charge < -0.3 is 39.7 Å². The summed E-state index contributed by atoms with van der Waals surface area (Å²) in [4.78, 5) is 49.9. The van der Waals surface area contributed by atoms with Crippen molar-refractivity contribution in [2.45, 2.75) is 45.4 Å². The van der Waals surface area contributed by atoms with E-state index in [0.29, 0.717) is 30.0 Å². The molecule has 1 aliphatic rings. The predicted octanol–water partition coefficient (Wildman–Crippen LogP) is 2.43. The van der Waals surface area contributed by atoms with E-state index in [1.165, 1.54) is 29.5 Å². The van der Waals surface area contributed by atoms with Crippen LogP contribution < -0.4 is 14.8 Å². The maximum absolute atomic E-state index is 12.8. The first-order valence-corrected chi connectivity index (χ1v) is 12.5. The second-order valence-corrected chi connectivity index (χ2v) is 10.6. The van der Waals surface area contributed by atoms with Crippen LogP contribution >= 0.6 is 11.3 Å².